The average Bonchev–Trinajstić information content (AvgIpc) is 2.85. The van der Waals surface area contributed by atoms with Crippen molar-refractivity contribution < 1.29 is 0 Å². The Morgan fingerprint density at radius 1 is 1.24 bits per heavy atom. The molecule has 1 aliphatic heterocycles. The number of hydrogen-bond donors (Lipinski definition) is 1. The van der Waals surface area contributed by atoms with Gasteiger partial charge >= 0.3 is 0 Å². The Hall–Kier alpha value is -0.540. The second-order valence-corrected chi connectivity index (χ2v) is 5.33. The van der Waals surface area contributed by atoms with E-state index in [1.165, 1.54) is 37.9 Å². The first-order chi connectivity index (χ1) is 7.81. The van der Waals surface area contributed by atoms with Gasteiger partial charge in [-0.25, -0.2) is 4.98 Å². The van der Waals surface area contributed by atoms with E-state index in [9.17, 15) is 0 Å². The van der Waals surface area contributed by atoms with Crippen LogP contribution in [0, 0.1) is 6.92 Å². The normalized spacial score (nSPS) is 24.4. The van der Waals surface area contributed by atoms with Gasteiger partial charge in [0.15, 0.2) is 0 Å². The molecule has 2 aliphatic rings. The molecular formula is C13H22ClN3. The minimum atomic E-state index is 0. The third-order valence-corrected chi connectivity index (χ3v) is 3.94. The predicted molar refractivity (Wildman–Crippen MR) is 71.7 cm³/mol. The van der Waals surface area contributed by atoms with Gasteiger partial charge in [-0.15, -0.1) is 12.4 Å². The Bertz CT molecular complexity index is 369. The summed E-state index contributed by atoms with van der Waals surface area (Å²) in [6, 6.07) is 1.46. The van der Waals surface area contributed by atoms with Gasteiger partial charge in [-0.05, 0) is 26.2 Å². The molecule has 3 nitrogen and oxygen atoms in total. The second-order valence-electron chi connectivity index (χ2n) is 5.33. The van der Waals surface area contributed by atoms with Crippen molar-refractivity contribution >= 4 is 12.4 Å². The van der Waals surface area contributed by atoms with Crippen molar-refractivity contribution in [2.24, 2.45) is 0 Å². The van der Waals surface area contributed by atoms with Crippen LogP contribution in [0.1, 0.15) is 43.6 Å². The highest BCUT2D eigenvalue weighted by molar-refractivity contribution is 5.85. The Morgan fingerprint density at radius 2 is 2.00 bits per heavy atom. The van der Waals surface area contributed by atoms with Crippen LogP contribution in [0.4, 0.5) is 0 Å². The third-order valence-electron chi connectivity index (χ3n) is 3.94. The molecule has 17 heavy (non-hydrogen) atoms. The number of aromatic nitrogens is 2. The summed E-state index contributed by atoms with van der Waals surface area (Å²) in [7, 11) is 0. The number of aryl methyl sites for hydroxylation is 2. The number of hydrogen-bond acceptors (Lipinski definition) is 2. The Labute approximate surface area is 109 Å². The molecule has 1 unspecified atom stereocenters. The molecule has 0 amide bonds. The van der Waals surface area contributed by atoms with Gasteiger partial charge in [0.05, 0.1) is 5.69 Å². The van der Waals surface area contributed by atoms with Gasteiger partial charge in [-0.3, -0.25) is 0 Å². The summed E-state index contributed by atoms with van der Waals surface area (Å²) in [5.41, 5.74) is 1.16. The molecule has 1 atom stereocenters. The Balaban J connectivity index is 0.00000108. The Morgan fingerprint density at radius 3 is 2.76 bits per heavy atom. The number of rotatable bonds is 2. The zero-order valence-corrected chi connectivity index (χ0v) is 11.3. The maximum Gasteiger partial charge on any atom is 0.109 e. The van der Waals surface area contributed by atoms with E-state index in [1.54, 1.807) is 0 Å². The van der Waals surface area contributed by atoms with Gasteiger partial charge in [0, 0.05) is 31.2 Å². The predicted octanol–water partition coefficient (Wildman–Crippen LogP) is 2.46. The lowest BCUT2D eigenvalue weighted by Gasteiger charge is -2.27. The standard InChI is InChI=1S/C13H21N3.ClH/c1-10-8-16-9-12(6-7-13(16)14-10)15-11-4-2-3-5-11;/h8,11-12,15H,2-7,9H2,1H3;1H. The van der Waals surface area contributed by atoms with Crippen molar-refractivity contribution in [2.75, 3.05) is 0 Å². The lowest BCUT2D eigenvalue weighted by molar-refractivity contribution is 0.341. The van der Waals surface area contributed by atoms with E-state index in [1.807, 2.05) is 0 Å². The van der Waals surface area contributed by atoms with Crippen LogP contribution in [0.15, 0.2) is 6.20 Å². The van der Waals surface area contributed by atoms with Crippen molar-refractivity contribution in [1.82, 2.24) is 14.9 Å². The monoisotopic (exact) mass is 255 g/mol. The minimum Gasteiger partial charge on any atom is -0.333 e. The molecule has 2 heterocycles. The maximum absolute atomic E-state index is 4.55. The van der Waals surface area contributed by atoms with Crippen LogP contribution in [0.5, 0.6) is 0 Å². The minimum absolute atomic E-state index is 0. The molecule has 0 bridgehead atoms. The van der Waals surface area contributed by atoms with Gasteiger partial charge in [-0.1, -0.05) is 12.8 Å². The lowest BCUT2D eigenvalue weighted by atomic mass is 10.1. The van der Waals surface area contributed by atoms with Gasteiger partial charge in [0.1, 0.15) is 5.82 Å². The maximum atomic E-state index is 4.55. The summed E-state index contributed by atoms with van der Waals surface area (Å²) >= 11 is 0. The first kappa shape index (κ1) is 12.9. The molecule has 0 aromatic carbocycles. The van der Waals surface area contributed by atoms with E-state index in [4.69, 9.17) is 0 Å². The summed E-state index contributed by atoms with van der Waals surface area (Å²) in [5.74, 6) is 1.28. The average molecular weight is 256 g/mol. The zero-order chi connectivity index (χ0) is 11.0. The van der Waals surface area contributed by atoms with Crippen molar-refractivity contribution in [3.05, 3.63) is 17.7 Å². The van der Waals surface area contributed by atoms with Crippen molar-refractivity contribution in [2.45, 2.75) is 64.1 Å². The fraction of sp³-hybridized carbons (Fsp3) is 0.769. The highest BCUT2D eigenvalue weighted by atomic mass is 35.5. The highest BCUT2D eigenvalue weighted by Crippen LogP contribution is 2.21. The van der Waals surface area contributed by atoms with Gasteiger partial charge < -0.3 is 9.88 Å². The van der Waals surface area contributed by atoms with Crippen LogP contribution in [-0.2, 0) is 13.0 Å². The fourth-order valence-corrected chi connectivity index (χ4v) is 3.15. The molecule has 96 valence electrons. The Kier molecular flexibility index (Phi) is 4.10. The largest absolute Gasteiger partial charge is 0.333 e. The molecule has 0 radical (unpaired) electrons. The van der Waals surface area contributed by atoms with Crippen molar-refractivity contribution in [1.29, 1.82) is 0 Å². The summed E-state index contributed by atoms with van der Waals surface area (Å²) in [6.45, 7) is 3.21. The number of imidazole rings is 1. The smallest absolute Gasteiger partial charge is 0.109 e. The fourth-order valence-electron chi connectivity index (χ4n) is 3.15. The van der Waals surface area contributed by atoms with E-state index < -0.39 is 0 Å². The zero-order valence-electron chi connectivity index (χ0n) is 10.5. The number of halogens is 1. The summed E-state index contributed by atoms with van der Waals surface area (Å²) in [5, 5.41) is 3.82. The molecule has 1 N–H and O–H groups in total. The van der Waals surface area contributed by atoms with E-state index >= 15 is 0 Å². The first-order valence-electron chi connectivity index (χ1n) is 6.60. The van der Waals surface area contributed by atoms with Gasteiger partial charge in [0.25, 0.3) is 0 Å². The first-order valence-corrected chi connectivity index (χ1v) is 6.60. The van der Waals surface area contributed by atoms with Crippen molar-refractivity contribution in [3.63, 3.8) is 0 Å². The van der Waals surface area contributed by atoms with Crippen LogP contribution in [0.2, 0.25) is 0 Å². The SMILES string of the molecule is Cc1cn2c(n1)CCC(NC1CCCC1)C2.Cl. The van der Waals surface area contributed by atoms with E-state index in [2.05, 4.69) is 28.0 Å². The summed E-state index contributed by atoms with van der Waals surface area (Å²) in [6.07, 6.45) is 10.2. The summed E-state index contributed by atoms with van der Waals surface area (Å²) in [4.78, 5) is 4.55. The lowest BCUT2D eigenvalue weighted by Crippen LogP contribution is -2.42. The molecule has 1 aliphatic carbocycles. The molecule has 0 spiro atoms. The molecule has 1 aromatic heterocycles. The second kappa shape index (κ2) is 5.40. The highest BCUT2D eigenvalue weighted by Gasteiger charge is 2.23. The molecule has 1 saturated carbocycles. The molecule has 3 rings (SSSR count). The molecule has 0 saturated heterocycles. The molecule has 1 aromatic rings. The number of nitrogens with zero attached hydrogens (tertiary/aromatic N) is 2. The van der Waals surface area contributed by atoms with Gasteiger partial charge in [0.2, 0.25) is 0 Å². The van der Waals surface area contributed by atoms with Crippen LogP contribution in [0.25, 0.3) is 0 Å². The van der Waals surface area contributed by atoms with Crippen LogP contribution in [-0.4, -0.2) is 21.6 Å². The summed E-state index contributed by atoms with van der Waals surface area (Å²) < 4.78 is 2.34. The quantitative estimate of drug-likeness (QED) is 0.880. The van der Waals surface area contributed by atoms with Crippen LogP contribution >= 0.6 is 12.4 Å². The van der Waals surface area contributed by atoms with Crippen LogP contribution in [0.3, 0.4) is 0 Å². The third kappa shape index (κ3) is 2.83. The topological polar surface area (TPSA) is 29.9 Å². The van der Waals surface area contributed by atoms with Crippen LogP contribution < -0.4 is 5.32 Å². The van der Waals surface area contributed by atoms with E-state index in [-0.39, 0.29) is 12.4 Å². The number of nitrogens with one attached hydrogen (secondary N) is 1. The van der Waals surface area contributed by atoms with E-state index in [0.717, 1.165) is 24.7 Å². The molecular weight excluding hydrogens is 234 g/mol. The van der Waals surface area contributed by atoms with E-state index in [0.29, 0.717) is 6.04 Å². The molecule has 4 heteroatoms. The molecule has 1 fully saturated rings. The number of fused-ring (bicyclic) bond motifs is 1. The van der Waals surface area contributed by atoms with Gasteiger partial charge in [-0.2, -0.15) is 0 Å². The van der Waals surface area contributed by atoms with Crippen molar-refractivity contribution in [3.8, 4) is 0 Å².